The topological polar surface area (TPSA) is 70.2 Å². The molecule has 1 aromatic carbocycles. The second kappa shape index (κ2) is 8.36. The minimum absolute atomic E-state index is 0.141. The molecule has 0 unspecified atom stereocenters. The normalized spacial score (nSPS) is 10.1. The number of para-hydroxylation sites is 1. The zero-order chi connectivity index (χ0) is 15.8. The third kappa shape index (κ3) is 5.91. The molecule has 0 aliphatic heterocycles. The molecule has 3 N–H and O–H groups in total. The van der Waals surface area contributed by atoms with Crippen LogP contribution in [0.3, 0.4) is 0 Å². The second-order valence-electron chi connectivity index (χ2n) is 5.01. The molecule has 1 aromatic rings. The fourth-order valence-corrected chi connectivity index (χ4v) is 1.97. The Kier molecular flexibility index (Phi) is 6.81. The van der Waals surface area contributed by atoms with E-state index in [1.54, 1.807) is 24.3 Å². The predicted molar refractivity (Wildman–Crippen MR) is 88.3 cm³/mol. The molecule has 5 nitrogen and oxygen atoms in total. The average Bonchev–Trinajstić information content (AvgIpc) is 2.38. The van der Waals surface area contributed by atoms with Gasteiger partial charge in [-0.25, -0.2) is 0 Å². The third-order valence-corrected chi connectivity index (χ3v) is 2.81. The van der Waals surface area contributed by atoms with Crippen LogP contribution in [0, 0.1) is 5.92 Å². The molecule has 0 aromatic heterocycles. The van der Waals surface area contributed by atoms with Crippen LogP contribution in [-0.2, 0) is 4.79 Å². The Hall–Kier alpha value is -1.95. The fourth-order valence-electron chi connectivity index (χ4n) is 1.75. The third-order valence-electron chi connectivity index (χ3n) is 2.60. The summed E-state index contributed by atoms with van der Waals surface area (Å²) in [5.41, 5.74) is 1.05. The van der Waals surface area contributed by atoms with Gasteiger partial charge in [-0.1, -0.05) is 26.0 Å². The van der Waals surface area contributed by atoms with Gasteiger partial charge in [-0.15, -0.1) is 0 Å². The zero-order valence-electron chi connectivity index (χ0n) is 12.5. The first-order chi connectivity index (χ1) is 9.93. The monoisotopic (exact) mass is 307 g/mol. The van der Waals surface area contributed by atoms with Crippen molar-refractivity contribution in [3.05, 3.63) is 29.8 Å². The highest BCUT2D eigenvalue weighted by atomic mass is 32.1. The summed E-state index contributed by atoms with van der Waals surface area (Å²) in [7, 11) is 0. The van der Waals surface area contributed by atoms with Crippen LogP contribution in [0.5, 0.6) is 0 Å². The van der Waals surface area contributed by atoms with Crippen LogP contribution < -0.4 is 16.0 Å². The van der Waals surface area contributed by atoms with Gasteiger partial charge in [0.15, 0.2) is 5.11 Å². The number of rotatable bonds is 5. The first-order valence-electron chi connectivity index (χ1n) is 6.92. The van der Waals surface area contributed by atoms with Gasteiger partial charge < -0.3 is 16.0 Å². The van der Waals surface area contributed by atoms with E-state index in [4.69, 9.17) is 12.2 Å². The standard InChI is InChI=1S/C15H21N3O2S/c1-4-16-14(20)11-7-5-6-8-12(11)17-15(21)18-13(19)9-10(2)3/h5-8,10H,4,9H2,1-3H3,(H,16,20)(H2,17,18,19,21). The number of benzene rings is 1. The van der Waals surface area contributed by atoms with Crippen molar-refractivity contribution in [3.8, 4) is 0 Å². The van der Waals surface area contributed by atoms with E-state index in [1.807, 2.05) is 20.8 Å². The van der Waals surface area contributed by atoms with Gasteiger partial charge in [-0.3, -0.25) is 9.59 Å². The number of anilines is 1. The summed E-state index contributed by atoms with van der Waals surface area (Å²) in [6.07, 6.45) is 0.403. The molecule has 0 atom stereocenters. The molecule has 0 aliphatic carbocycles. The summed E-state index contributed by atoms with van der Waals surface area (Å²) in [6, 6.07) is 7.01. The Labute approximate surface area is 130 Å². The van der Waals surface area contributed by atoms with Crippen molar-refractivity contribution in [2.45, 2.75) is 27.2 Å². The first kappa shape index (κ1) is 17.1. The van der Waals surface area contributed by atoms with E-state index >= 15 is 0 Å². The lowest BCUT2D eigenvalue weighted by Gasteiger charge is -2.13. The fraction of sp³-hybridized carbons (Fsp3) is 0.400. The van der Waals surface area contributed by atoms with Crippen LogP contribution in [0.1, 0.15) is 37.6 Å². The summed E-state index contributed by atoms with van der Waals surface area (Å²) < 4.78 is 0. The summed E-state index contributed by atoms with van der Waals surface area (Å²) in [4.78, 5) is 23.6. The Morgan fingerprint density at radius 2 is 1.90 bits per heavy atom. The van der Waals surface area contributed by atoms with Crippen LogP contribution >= 0.6 is 12.2 Å². The maximum absolute atomic E-state index is 11.9. The average molecular weight is 307 g/mol. The molecule has 0 saturated heterocycles. The Morgan fingerprint density at radius 1 is 1.24 bits per heavy atom. The molecule has 0 spiro atoms. The lowest BCUT2D eigenvalue weighted by Crippen LogP contribution is -2.35. The maximum atomic E-state index is 11.9. The second-order valence-corrected chi connectivity index (χ2v) is 5.41. The van der Waals surface area contributed by atoms with Gasteiger partial charge in [0.1, 0.15) is 0 Å². The van der Waals surface area contributed by atoms with Crippen molar-refractivity contribution >= 4 is 34.8 Å². The van der Waals surface area contributed by atoms with Gasteiger partial charge in [0.05, 0.1) is 11.3 Å². The first-order valence-corrected chi connectivity index (χ1v) is 7.33. The number of nitrogens with one attached hydrogen (secondary N) is 3. The number of carbonyl (C=O) groups excluding carboxylic acids is 2. The van der Waals surface area contributed by atoms with Crippen molar-refractivity contribution in [2.75, 3.05) is 11.9 Å². The van der Waals surface area contributed by atoms with Gasteiger partial charge >= 0.3 is 0 Å². The van der Waals surface area contributed by atoms with Gasteiger partial charge in [0, 0.05) is 13.0 Å². The number of hydrogen-bond donors (Lipinski definition) is 3. The summed E-state index contributed by atoms with van der Waals surface area (Å²) >= 11 is 5.10. The minimum Gasteiger partial charge on any atom is -0.352 e. The molecule has 21 heavy (non-hydrogen) atoms. The van der Waals surface area contributed by atoms with Crippen LogP contribution in [-0.4, -0.2) is 23.5 Å². The molecule has 0 aliphatic rings. The molecule has 0 bridgehead atoms. The van der Waals surface area contributed by atoms with E-state index in [2.05, 4.69) is 16.0 Å². The number of amides is 2. The Bertz CT molecular complexity index is 529. The highest BCUT2D eigenvalue weighted by Crippen LogP contribution is 2.14. The minimum atomic E-state index is -0.183. The van der Waals surface area contributed by atoms with E-state index in [-0.39, 0.29) is 22.8 Å². The molecule has 0 heterocycles. The van der Waals surface area contributed by atoms with Crippen molar-refractivity contribution < 1.29 is 9.59 Å². The Morgan fingerprint density at radius 3 is 2.52 bits per heavy atom. The highest BCUT2D eigenvalue weighted by molar-refractivity contribution is 7.80. The zero-order valence-corrected chi connectivity index (χ0v) is 13.3. The molecule has 6 heteroatoms. The van der Waals surface area contributed by atoms with Crippen molar-refractivity contribution in [1.29, 1.82) is 0 Å². The SMILES string of the molecule is CCNC(=O)c1ccccc1NC(=S)NC(=O)CC(C)C. The van der Waals surface area contributed by atoms with Crippen LogP contribution in [0.15, 0.2) is 24.3 Å². The quantitative estimate of drug-likeness (QED) is 0.730. The molecule has 114 valence electrons. The van der Waals surface area contributed by atoms with Crippen LogP contribution in [0.2, 0.25) is 0 Å². The molecular formula is C15H21N3O2S. The molecule has 0 saturated carbocycles. The van der Waals surface area contributed by atoms with E-state index in [0.29, 0.717) is 24.2 Å². The van der Waals surface area contributed by atoms with Crippen molar-refractivity contribution in [3.63, 3.8) is 0 Å². The summed E-state index contributed by atoms with van der Waals surface area (Å²) in [6.45, 7) is 6.31. The maximum Gasteiger partial charge on any atom is 0.253 e. The van der Waals surface area contributed by atoms with Gasteiger partial charge in [0.2, 0.25) is 5.91 Å². The van der Waals surface area contributed by atoms with E-state index in [0.717, 1.165) is 0 Å². The summed E-state index contributed by atoms with van der Waals surface area (Å²) in [5.74, 6) is -0.0645. The Balaban J connectivity index is 2.72. The number of thiocarbonyl (C=S) groups is 1. The number of carbonyl (C=O) groups is 2. The molecule has 2 amide bonds. The summed E-state index contributed by atoms with van der Waals surface area (Å²) in [5, 5.41) is 8.43. The smallest absolute Gasteiger partial charge is 0.253 e. The van der Waals surface area contributed by atoms with E-state index in [9.17, 15) is 9.59 Å². The largest absolute Gasteiger partial charge is 0.352 e. The molecule has 0 radical (unpaired) electrons. The van der Waals surface area contributed by atoms with E-state index in [1.165, 1.54) is 0 Å². The van der Waals surface area contributed by atoms with Gasteiger partial charge in [-0.2, -0.15) is 0 Å². The highest BCUT2D eigenvalue weighted by Gasteiger charge is 2.12. The van der Waals surface area contributed by atoms with E-state index < -0.39 is 0 Å². The van der Waals surface area contributed by atoms with Crippen molar-refractivity contribution in [1.82, 2.24) is 10.6 Å². The lowest BCUT2D eigenvalue weighted by molar-refractivity contribution is -0.120. The van der Waals surface area contributed by atoms with Gasteiger partial charge in [-0.05, 0) is 37.2 Å². The lowest BCUT2D eigenvalue weighted by atomic mass is 10.1. The molecule has 1 rings (SSSR count). The van der Waals surface area contributed by atoms with Gasteiger partial charge in [0.25, 0.3) is 5.91 Å². The molecule has 0 fully saturated rings. The predicted octanol–water partition coefficient (Wildman–Crippen LogP) is 2.30. The molecular weight excluding hydrogens is 286 g/mol. The van der Waals surface area contributed by atoms with Crippen LogP contribution in [0.4, 0.5) is 5.69 Å². The van der Waals surface area contributed by atoms with Crippen molar-refractivity contribution in [2.24, 2.45) is 5.92 Å². The number of hydrogen-bond acceptors (Lipinski definition) is 3. The van der Waals surface area contributed by atoms with Crippen LogP contribution in [0.25, 0.3) is 0 Å².